The molecule has 0 aromatic carbocycles. The zero-order valence-electron chi connectivity index (χ0n) is 8.38. The van der Waals surface area contributed by atoms with E-state index in [1.807, 2.05) is 11.8 Å². The largest absolute Gasteiger partial charge is 0.374 e. The molecule has 0 amide bonds. The van der Waals surface area contributed by atoms with E-state index in [0.717, 1.165) is 13.2 Å². The molecule has 74 valence electrons. The van der Waals surface area contributed by atoms with Crippen molar-refractivity contribution in [2.75, 3.05) is 32.6 Å². The minimum absolute atomic E-state index is 0.190. The summed E-state index contributed by atoms with van der Waals surface area (Å²) >= 11 is 2.03. The van der Waals surface area contributed by atoms with E-state index >= 15 is 0 Å². The molecule has 1 spiro atoms. The Kier molecular flexibility index (Phi) is 2.43. The average Bonchev–Trinajstić information content (AvgIpc) is 2.45. The molecule has 0 bridgehead atoms. The molecule has 0 aliphatic carbocycles. The lowest BCUT2D eigenvalue weighted by Crippen LogP contribution is -2.52. The second-order valence-electron chi connectivity index (χ2n) is 3.99. The Balaban J connectivity index is 2.24. The highest BCUT2D eigenvalue weighted by Crippen LogP contribution is 2.45. The number of hydrogen-bond donors (Lipinski definition) is 0. The van der Waals surface area contributed by atoms with Gasteiger partial charge in [-0.15, -0.1) is 11.8 Å². The third-order valence-electron chi connectivity index (χ3n) is 3.31. The Hall–Kier alpha value is 0.01000. The molecule has 0 saturated carbocycles. The zero-order chi connectivity index (χ0) is 9.47. The van der Waals surface area contributed by atoms with Crippen LogP contribution in [-0.2, 0) is 4.74 Å². The van der Waals surface area contributed by atoms with Crippen LogP contribution in [0.25, 0.3) is 0 Å². The molecule has 2 heterocycles. The van der Waals surface area contributed by atoms with Gasteiger partial charge in [0.1, 0.15) is 0 Å². The molecule has 2 aliphatic rings. The first-order valence-electron chi connectivity index (χ1n) is 4.77. The summed E-state index contributed by atoms with van der Waals surface area (Å²) in [5.74, 6) is 1.77. The van der Waals surface area contributed by atoms with Gasteiger partial charge in [0.05, 0.1) is 18.1 Å². The van der Waals surface area contributed by atoms with Crippen molar-refractivity contribution in [2.24, 2.45) is 5.92 Å². The number of likely N-dealkylation sites (N-methyl/N-ethyl adjacent to an activating group) is 1. The van der Waals surface area contributed by atoms with E-state index in [2.05, 4.69) is 25.5 Å². The van der Waals surface area contributed by atoms with Gasteiger partial charge in [-0.3, -0.25) is 4.90 Å². The van der Waals surface area contributed by atoms with E-state index in [1.54, 1.807) is 0 Å². The van der Waals surface area contributed by atoms with Crippen molar-refractivity contribution in [1.29, 1.82) is 0 Å². The molecule has 0 radical (unpaired) electrons. The molecule has 2 atom stereocenters. The van der Waals surface area contributed by atoms with Gasteiger partial charge >= 0.3 is 0 Å². The lowest BCUT2D eigenvalue weighted by atomic mass is 9.91. The van der Waals surface area contributed by atoms with Crippen LogP contribution >= 0.6 is 11.8 Å². The van der Waals surface area contributed by atoms with Crippen LogP contribution in [0.2, 0.25) is 0 Å². The molecule has 0 unspecified atom stereocenters. The second kappa shape index (κ2) is 3.30. The Morgan fingerprint density at radius 3 is 3.08 bits per heavy atom. The molecule has 3 heteroatoms. The van der Waals surface area contributed by atoms with E-state index in [4.69, 9.17) is 4.74 Å². The summed E-state index contributed by atoms with van der Waals surface area (Å²) in [5.41, 5.74) is 1.24. The molecule has 2 saturated heterocycles. The molecule has 2 aliphatic heterocycles. The smallest absolute Gasteiger partial charge is 0.0968 e. The third-order valence-corrected chi connectivity index (χ3v) is 4.98. The minimum atomic E-state index is 0.190. The van der Waals surface area contributed by atoms with Gasteiger partial charge in [-0.1, -0.05) is 13.5 Å². The van der Waals surface area contributed by atoms with Crippen molar-refractivity contribution in [1.82, 2.24) is 4.90 Å². The maximum Gasteiger partial charge on any atom is 0.0968 e. The number of hydrogen-bond acceptors (Lipinski definition) is 3. The first-order valence-corrected chi connectivity index (χ1v) is 5.76. The average molecular weight is 199 g/mol. The summed E-state index contributed by atoms with van der Waals surface area (Å²) in [7, 11) is 2.19. The number of thioether (sulfide) groups is 1. The molecule has 2 fully saturated rings. The van der Waals surface area contributed by atoms with Crippen molar-refractivity contribution in [3.63, 3.8) is 0 Å². The topological polar surface area (TPSA) is 12.5 Å². The summed E-state index contributed by atoms with van der Waals surface area (Å²) in [6.45, 7) is 9.14. The highest BCUT2D eigenvalue weighted by atomic mass is 32.2. The standard InChI is InChI=1S/C10H17NOS/c1-8-6-12-7-10(9(8)2)11(3)4-5-13-10/h9H,1,4-7H2,2-3H3/t9-,10-/m0/s1. The van der Waals surface area contributed by atoms with Crippen LogP contribution in [0.4, 0.5) is 0 Å². The summed E-state index contributed by atoms with van der Waals surface area (Å²) in [5, 5.41) is 0. The van der Waals surface area contributed by atoms with Gasteiger partial charge in [0, 0.05) is 18.2 Å². The van der Waals surface area contributed by atoms with E-state index < -0.39 is 0 Å². The summed E-state index contributed by atoms with van der Waals surface area (Å²) in [4.78, 5) is 2.61. The Morgan fingerprint density at radius 1 is 1.69 bits per heavy atom. The first-order chi connectivity index (χ1) is 6.17. The van der Waals surface area contributed by atoms with Crippen LogP contribution in [0.5, 0.6) is 0 Å². The molecule has 2 rings (SSSR count). The van der Waals surface area contributed by atoms with E-state index in [0.29, 0.717) is 5.92 Å². The van der Waals surface area contributed by atoms with Crippen LogP contribution in [0.3, 0.4) is 0 Å². The molecular weight excluding hydrogens is 182 g/mol. The summed E-state index contributed by atoms with van der Waals surface area (Å²) in [6, 6.07) is 0. The lowest BCUT2D eigenvalue weighted by molar-refractivity contribution is 0.0190. The van der Waals surface area contributed by atoms with E-state index in [-0.39, 0.29) is 4.87 Å². The summed E-state index contributed by atoms with van der Waals surface area (Å²) < 4.78 is 5.60. The first kappa shape index (κ1) is 9.56. The van der Waals surface area contributed by atoms with Gasteiger partial charge in [-0.05, 0) is 12.6 Å². The van der Waals surface area contributed by atoms with Crippen molar-refractivity contribution in [3.05, 3.63) is 12.2 Å². The van der Waals surface area contributed by atoms with Gasteiger partial charge in [0.2, 0.25) is 0 Å². The zero-order valence-corrected chi connectivity index (χ0v) is 9.19. The van der Waals surface area contributed by atoms with Crippen LogP contribution in [0, 0.1) is 5.92 Å². The predicted molar refractivity (Wildman–Crippen MR) is 56.9 cm³/mol. The van der Waals surface area contributed by atoms with E-state index in [1.165, 1.54) is 17.9 Å². The molecular formula is C10H17NOS. The fourth-order valence-corrected chi connectivity index (χ4v) is 3.78. The van der Waals surface area contributed by atoms with Crippen LogP contribution < -0.4 is 0 Å². The Labute approximate surface area is 84.3 Å². The van der Waals surface area contributed by atoms with Gasteiger partial charge in [0.25, 0.3) is 0 Å². The van der Waals surface area contributed by atoms with E-state index in [9.17, 15) is 0 Å². The Bertz CT molecular complexity index is 231. The maximum absolute atomic E-state index is 5.60. The predicted octanol–water partition coefficient (Wildman–Crippen LogP) is 1.58. The lowest BCUT2D eigenvalue weighted by Gasteiger charge is -2.44. The van der Waals surface area contributed by atoms with Crippen LogP contribution in [-0.4, -0.2) is 42.3 Å². The van der Waals surface area contributed by atoms with Crippen molar-refractivity contribution in [2.45, 2.75) is 11.8 Å². The number of ether oxygens (including phenoxy) is 1. The quantitative estimate of drug-likeness (QED) is 0.550. The molecule has 0 N–H and O–H groups in total. The minimum Gasteiger partial charge on any atom is -0.374 e. The van der Waals surface area contributed by atoms with Gasteiger partial charge in [0.15, 0.2) is 0 Å². The number of rotatable bonds is 0. The molecule has 13 heavy (non-hydrogen) atoms. The van der Waals surface area contributed by atoms with Crippen molar-refractivity contribution < 1.29 is 4.74 Å². The van der Waals surface area contributed by atoms with Crippen molar-refractivity contribution >= 4 is 11.8 Å². The fourth-order valence-electron chi connectivity index (χ4n) is 2.16. The highest BCUT2D eigenvalue weighted by molar-refractivity contribution is 8.00. The molecule has 0 aromatic rings. The Morgan fingerprint density at radius 2 is 2.46 bits per heavy atom. The summed E-state index contributed by atoms with van der Waals surface area (Å²) in [6.07, 6.45) is 0. The van der Waals surface area contributed by atoms with Gasteiger partial charge in [-0.25, -0.2) is 0 Å². The van der Waals surface area contributed by atoms with Crippen LogP contribution in [0.15, 0.2) is 12.2 Å². The highest BCUT2D eigenvalue weighted by Gasteiger charge is 2.47. The van der Waals surface area contributed by atoms with Gasteiger partial charge in [-0.2, -0.15) is 0 Å². The molecule has 0 aromatic heterocycles. The third kappa shape index (κ3) is 1.34. The van der Waals surface area contributed by atoms with Gasteiger partial charge < -0.3 is 4.74 Å². The van der Waals surface area contributed by atoms with Crippen molar-refractivity contribution in [3.8, 4) is 0 Å². The maximum atomic E-state index is 5.60. The van der Waals surface area contributed by atoms with Crippen LogP contribution in [0.1, 0.15) is 6.92 Å². The molecule has 2 nitrogen and oxygen atoms in total. The fraction of sp³-hybridized carbons (Fsp3) is 0.800. The number of nitrogens with zero attached hydrogens (tertiary/aromatic N) is 1. The SMILES string of the molecule is C=C1COC[C@]2(SCCN2C)[C@H]1C. The normalized spacial score (nSPS) is 41.7. The second-order valence-corrected chi connectivity index (χ2v) is 5.39. The monoisotopic (exact) mass is 199 g/mol.